The number of fused-ring (bicyclic) bond motifs is 1. The predicted molar refractivity (Wildman–Crippen MR) is 122 cm³/mol. The van der Waals surface area contributed by atoms with Gasteiger partial charge in [0.05, 0.1) is 23.1 Å². The average Bonchev–Trinajstić information content (AvgIpc) is 3.58. The van der Waals surface area contributed by atoms with Gasteiger partial charge in [0, 0.05) is 28.4 Å². The molecule has 0 aliphatic heterocycles. The Labute approximate surface area is 198 Å². The number of nitrogens with one attached hydrogen (secondary N) is 3. The molecule has 2 aromatic carbocycles. The largest absolute Gasteiger partial charge is 0.435 e. The van der Waals surface area contributed by atoms with E-state index in [1.807, 2.05) is 0 Å². The minimum absolute atomic E-state index is 0.000570. The van der Waals surface area contributed by atoms with E-state index >= 15 is 0 Å². The Bertz CT molecular complexity index is 1550. The Balaban J connectivity index is 1.47. The fourth-order valence-electron chi connectivity index (χ4n) is 3.50. The van der Waals surface area contributed by atoms with E-state index in [4.69, 9.17) is 5.73 Å². The summed E-state index contributed by atoms with van der Waals surface area (Å²) >= 11 is 0.994. The van der Waals surface area contributed by atoms with Gasteiger partial charge >= 0.3 is 6.18 Å². The van der Waals surface area contributed by atoms with E-state index < -0.39 is 23.6 Å². The zero-order valence-electron chi connectivity index (χ0n) is 17.6. The van der Waals surface area contributed by atoms with Gasteiger partial charge in [-0.2, -0.15) is 23.4 Å². The smallest absolute Gasteiger partial charge is 0.326 e. The van der Waals surface area contributed by atoms with Crippen LogP contribution >= 0.6 is 11.3 Å². The van der Waals surface area contributed by atoms with Crippen molar-refractivity contribution < 1.29 is 22.4 Å². The van der Waals surface area contributed by atoms with Gasteiger partial charge in [-0.05, 0) is 35.9 Å². The molecule has 0 aliphatic rings. The number of halogens is 4. The van der Waals surface area contributed by atoms with Gasteiger partial charge in [-0.25, -0.2) is 9.37 Å². The molecule has 3 heterocycles. The van der Waals surface area contributed by atoms with E-state index in [0.717, 1.165) is 22.8 Å². The molecule has 5 rings (SSSR count). The molecule has 0 atom stereocenters. The fraction of sp³-hybridized carbons (Fsp3) is 0.0909. The number of benzene rings is 2. The molecule has 178 valence electrons. The molecule has 0 aliphatic carbocycles. The lowest BCUT2D eigenvalue weighted by Gasteiger charge is -2.13. The molecule has 5 aromatic rings. The molecule has 0 saturated carbocycles. The molecule has 0 unspecified atom stereocenters. The van der Waals surface area contributed by atoms with Gasteiger partial charge in [-0.15, -0.1) is 11.3 Å². The maximum Gasteiger partial charge on any atom is 0.435 e. The second-order valence-electron chi connectivity index (χ2n) is 7.52. The number of amides is 1. The zero-order chi connectivity index (χ0) is 24.7. The number of aromatic amines is 2. The molecule has 5 N–H and O–H groups in total. The molecule has 13 heteroatoms. The second kappa shape index (κ2) is 8.60. The van der Waals surface area contributed by atoms with Crippen LogP contribution in [0.5, 0.6) is 0 Å². The Morgan fingerprint density at radius 1 is 1.14 bits per heavy atom. The van der Waals surface area contributed by atoms with Gasteiger partial charge in [0.25, 0.3) is 5.91 Å². The van der Waals surface area contributed by atoms with Crippen LogP contribution < -0.4 is 11.1 Å². The van der Waals surface area contributed by atoms with Crippen molar-refractivity contribution in [3.05, 3.63) is 70.7 Å². The van der Waals surface area contributed by atoms with Crippen molar-refractivity contribution in [3.8, 4) is 21.8 Å². The molecule has 1 amide bonds. The standard InChI is InChI=1S/C22H15F4N7OS/c23-14-2-1-10(3-11(14)7-27)13-4-12-8-28-31-15(12)5-16(13)29-20(34)18-9-35-21(30-18)17-6-19(33-32-17)22(24,25)26/h1-6,8-9H,7,27H2,(H,28,31)(H,29,34)(H,32,33). The third kappa shape index (κ3) is 4.38. The van der Waals surface area contributed by atoms with Crippen LogP contribution in [-0.4, -0.2) is 31.3 Å². The number of H-pyrrole nitrogens is 2. The molecule has 0 bridgehead atoms. The first-order valence-corrected chi connectivity index (χ1v) is 11.0. The number of carbonyl (C=O) groups excluding carboxylic acids is 1. The second-order valence-corrected chi connectivity index (χ2v) is 8.38. The predicted octanol–water partition coefficient (Wildman–Crippen LogP) is 4.95. The number of rotatable bonds is 5. The van der Waals surface area contributed by atoms with Gasteiger partial charge in [0.1, 0.15) is 16.5 Å². The third-order valence-electron chi connectivity index (χ3n) is 5.24. The van der Waals surface area contributed by atoms with Crippen molar-refractivity contribution in [1.82, 2.24) is 25.4 Å². The average molecular weight is 501 g/mol. The quantitative estimate of drug-likeness (QED) is 0.254. The minimum Gasteiger partial charge on any atom is -0.326 e. The van der Waals surface area contributed by atoms with E-state index in [1.165, 1.54) is 11.4 Å². The van der Waals surface area contributed by atoms with Gasteiger partial charge in [-0.1, -0.05) is 6.07 Å². The number of nitrogens with two attached hydrogens (primary N) is 1. The fourth-order valence-corrected chi connectivity index (χ4v) is 4.26. The first kappa shape index (κ1) is 22.7. The Hall–Kier alpha value is -4.10. The molecule has 0 radical (unpaired) electrons. The van der Waals surface area contributed by atoms with Crippen molar-refractivity contribution >= 4 is 33.8 Å². The first-order chi connectivity index (χ1) is 16.7. The Morgan fingerprint density at radius 3 is 2.71 bits per heavy atom. The van der Waals surface area contributed by atoms with Crippen LogP contribution in [-0.2, 0) is 12.7 Å². The maximum atomic E-state index is 14.0. The van der Waals surface area contributed by atoms with Crippen LogP contribution in [0.4, 0.5) is 23.2 Å². The Morgan fingerprint density at radius 2 is 1.97 bits per heavy atom. The summed E-state index contributed by atoms with van der Waals surface area (Å²) in [5.74, 6) is -1.02. The third-order valence-corrected chi connectivity index (χ3v) is 6.11. The van der Waals surface area contributed by atoms with Crippen molar-refractivity contribution in [1.29, 1.82) is 0 Å². The zero-order valence-corrected chi connectivity index (χ0v) is 18.4. The van der Waals surface area contributed by atoms with Crippen LogP contribution in [0, 0.1) is 5.82 Å². The van der Waals surface area contributed by atoms with Crippen LogP contribution in [0.2, 0.25) is 0 Å². The summed E-state index contributed by atoms with van der Waals surface area (Å²) in [6.07, 6.45) is -2.98. The lowest BCUT2D eigenvalue weighted by atomic mass is 9.99. The lowest BCUT2D eigenvalue weighted by Crippen LogP contribution is -2.13. The number of aromatic nitrogens is 5. The number of carbonyl (C=O) groups is 1. The highest BCUT2D eigenvalue weighted by atomic mass is 32.1. The van der Waals surface area contributed by atoms with Gasteiger partial charge in [0.2, 0.25) is 0 Å². The summed E-state index contributed by atoms with van der Waals surface area (Å²) in [4.78, 5) is 17.1. The van der Waals surface area contributed by atoms with Crippen molar-refractivity contribution in [2.75, 3.05) is 5.32 Å². The minimum atomic E-state index is -4.60. The lowest BCUT2D eigenvalue weighted by molar-refractivity contribution is -0.141. The number of nitrogens with zero attached hydrogens (tertiary/aromatic N) is 3. The summed E-state index contributed by atoms with van der Waals surface area (Å²) in [5.41, 5.74) is 7.20. The summed E-state index contributed by atoms with van der Waals surface area (Å²) < 4.78 is 52.5. The number of hydrogen-bond acceptors (Lipinski definition) is 6. The first-order valence-electron chi connectivity index (χ1n) is 10.1. The van der Waals surface area contributed by atoms with Gasteiger partial charge in [0.15, 0.2) is 5.69 Å². The molecular weight excluding hydrogens is 486 g/mol. The summed E-state index contributed by atoms with van der Waals surface area (Å²) in [7, 11) is 0. The van der Waals surface area contributed by atoms with Crippen LogP contribution in [0.15, 0.2) is 48.0 Å². The topological polar surface area (TPSA) is 125 Å². The summed E-state index contributed by atoms with van der Waals surface area (Å²) in [5, 5.41) is 17.5. The molecule has 0 fully saturated rings. The molecule has 0 saturated heterocycles. The van der Waals surface area contributed by atoms with E-state index in [0.29, 0.717) is 27.9 Å². The molecule has 8 nitrogen and oxygen atoms in total. The van der Waals surface area contributed by atoms with E-state index in [1.54, 1.807) is 30.5 Å². The van der Waals surface area contributed by atoms with Crippen LogP contribution in [0.25, 0.3) is 32.7 Å². The van der Waals surface area contributed by atoms with Crippen LogP contribution in [0.1, 0.15) is 21.7 Å². The van der Waals surface area contributed by atoms with E-state index in [-0.39, 0.29) is 22.9 Å². The van der Waals surface area contributed by atoms with E-state index in [9.17, 15) is 22.4 Å². The summed E-state index contributed by atoms with van der Waals surface area (Å²) in [6, 6.07) is 8.77. The number of alkyl halides is 3. The molecule has 0 spiro atoms. The van der Waals surface area contributed by atoms with Crippen molar-refractivity contribution in [2.24, 2.45) is 5.73 Å². The molecule has 3 aromatic heterocycles. The SMILES string of the molecule is NCc1cc(-c2cc3cn[nH]c3cc2NC(=O)c2csc(-c3cc(C(F)(F)F)n[nH]3)n2)ccc1F. The molecule has 35 heavy (non-hydrogen) atoms. The van der Waals surface area contributed by atoms with Crippen molar-refractivity contribution in [3.63, 3.8) is 0 Å². The normalized spacial score (nSPS) is 11.8. The highest BCUT2D eigenvalue weighted by Gasteiger charge is 2.34. The highest BCUT2D eigenvalue weighted by Crippen LogP contribution is 2.34. The molecular formula is C22H15F4N7OS. The number of thiazole rings is 1. The monoisotopic (exact) mass is 501 g/mol. The maximum absolute atomic E-state index is 14.0. The number of anilines is 1. The number of hydrogen-bond donors (Lipinski definition) is 4. The van der Waals surface area contributed by atoms with Gasteiger partial charge < -0.3 is 11.1 Å². The van der Waals surface area contributed by atoms with E-state index in [2.05, 4.69) is 30.7 Å². The summed E-state index contributed by atoms with van der Waals surface area (Å²) in [6.45, 7) is 0.000570. The highest BCUT2D eigenvalue weighted by molar-refractivity contribution is 7.13. The van der Waals surface area contributed by atoms with Gasteiger partial charge in [-0.3, -0.25) is 15.0 Å². The Kier molecular flexibility index (Phi) is 5.57. The van der Waals surface area contributed by atoms with Crippen LogP contribution in [0.3, 0.4) is 0 Å². The van der Waals surface area contributed by atoms with Crippen molar-refractivity contribution in [2.45, 2.75) is 12.7 Å².